The summed E-state index contributed by atoms with van der Waals surface area (Å²) in [6.07, 6.45) is 3.10. The summed E-state index contributed by atoms with van der Waals surface area (Å²) < 4.78 is 0. The van der Waals surface area contributed by atoms with Crippen LogP contribution < -0.4 is 0 Å². The minimum absolute atomic E-state index is 0.284. The fraction of sp³-hybridized carbons (Fsp3) is 0.391. The van der Waals surface area contributed by atoms with Gasteiger partial charge < -0.3 is 10.2 Å². The Morgan fingerprint density at radius 2 is 0.840 bits per heavy atom. The van der Waals surface area contributed by atoms with Gasteiger partial charge in [-0.15, -0.1) is 0 Å². The molecule has 0 heterocycles. The predicted octanol–water partition coefficient (Wildman–Crippen LogP) is 7.27. The van der Waals surface area contributed by atoms with E-state index in [0.29, 0.717) is 0 Å². The van der Waals surface area contributed by atoms with Gasteiger partial charge in [-0.3, -0.25) is 0 Å². The average Bonchev–Trinajstić information content (AvgIpc) is 2.64. The Morgan fingerprint density at radius 1 is 0.600 bits per heavy atom. The maximum Gasteiger partial charge on any atom is 0.115 e. The first-order valence-corrected chi connectivity index (χ1v) is 9.38. The third-order valence-corrected chi connectivity index (χ3v) is 3.50. The molecule has 0 bridgehead atoms. The summed E-state index contributed by atoms with van der Waals surface area (Å²) in [4.78, 5) is 0. The molecular weight excluding hydrogens is 308 g/mol. The first kappa shape index (κ1) is 22.8. The van der Waals surface area contributed by atoms with Crippen LogP contribution in [0.3, 0.4) is 0 Å². The van der Waals surface area contributed by atoms with E-state index >= 15 is 0 Å². The summed E-state index contributed by atoms with van der Waals surface area (Å²) in [5.74, 6) is 0.568. The number of hydrogen-bond donors (Lipinski definition) is 2. The molecule has 0 aliphatic carbocycles. The standard InChI is InChI=1S/C18H20O2.C3H8.C2H6/c1-3-17(13-5-9-15(19)10-6-13)18(4-2)14-7-11-16(20)12-8-14;1-3-2;1-2/h5-12,19-20H,3-4H2,1-2H3;3H2,1-2H3;1-2H3/b18-17+;;. The van der Waals surface area contributed by atoms with Gasteiger partial charge in [-0.25, -0.2) is 0 Å². The number of rotatable bonds is 4. The molecule has 2 aromatic rings. The highest BCUT2D eigenvalue weighted by atomic mass is 16.3. The molecule has 0 fully saturated rings. The van der Waals surface area contributed by atoms with E-state index in [1.54, 1.807) is 24.3 Å². The van der Waals surface area contributed by atoms with E-state index in [-0.39, 0.29) is 11.5 Å². The lowest BCUT2D eigenvalue weighted by atomic mass is 9.91. The van der Waals surface area contributed by atoms with Gasteiger partial charge in [0, 0.05) is 0 Å². The van der Waals surface area contributed by atoms with Crippen LogP contribution in [-0.2, 0) is 0 Å². The number of phenolic OH excluding ortho intramolecular Hbond substituents is 2. The molecular formula is C23H34O2. The van der Waals surface area contributed by atoms with Gasteiger partial charge in [0.05, 0.1) is 0 Å². The Balaban J connectivity index is 0.00000104. The van der Waals surface area contributed by atoms with Crippen molar-refractivity contribution in [3.63, 3.8) is 0 Å². The molecule has 2 nitrogen and oxygen atoms in total. The highest BCUT2D eigenvalue weighted by Crippen LogP contribution is 2.32. The van der Waals surface area contributed by atoms with Gasteiger partial charge >= 0.3 is 0 Å². The van der Waals surface area contributed by atoms with Crippen LogP contribution in [0.1, 0.15) is 71.9 Å². The maximum absolute atomic E-state index is 9.41. The van der Waals surface area contributed by atoms with Gasteiger partial charge in [0.1, 0.15) is 11.5 Å². The minimum atomic E-state index is 0.284. The second kappa shape index (κ2) is 13.1. The van der Waals surface area contributed by atoms with Gasteiger partial charge in [-0.05, 0) is 59.4 Å². The lowest BCUT2D eigenvalue weighted by Crippen LogP contribution is -1.91. The highest BCUT2D eigenvalue weighted by molar-refractivity contribution is 5.90. The Bertz CT molecular complexity index is 552. The largest absolute Gasteiger partial charge is 0.508 e. The summed E-state index contributed by atoms with van der Waals surface area (Å²) in [5, 5.41) is 18.8. The van der Waals surface area contributed by atoms with E-state index in [1.807, 2.05) is 38.1 Å². The number of allylic oxidation sites excluding steroid dienone is 2. The zero-order valence-electron chi connectivity index (χ0n) is 16.6. The molecule has 0 radical (unpaired) electrons. The van der Waals surface area contributed by atoms with E-state index in [1.165, 1.54) is 17.6 Å². The molecule has 0 amide bonds. The molecule has 138 valence electrons. The minimum Gasteiger partial charge on any atom is -0.508 e. The van der Waals surface area contributed by atoms with Crippen LogP contribution in [0.25, 0.3) is 11.1 Å². The first-order chi connectivity index (χ1) is 12.1. The summed E-state index contributed by atoms with van der Waals surface area (Å²) >= 11 is 0. The Hall–Kier alpha value is -2.22. The van der Waals surface area contributed by atoms with E-state index in [2.05, 4.69) is 27.7 Å². The molecule has 2 heteroatoms. The molecule has 0 saturated carbocycles. The molecule has 0 aliphatic rings. The number of hydrogen-bond acceptors (Lipinski definition) is 2. The molecule has 0 atom stereocenters. The van der Waals surface area contributed by atoms with E-state index < -0.39 is 0 Å². The molecule has 0 spiro atoms. The van der Waals surface area contributed by atoms with Crippen molar-refractivity contribution < 1.29 is 10.2 Å². The molecule has 0 saturated heterocycles. The van der Waals surface area contributed by atoms with Gasteiger partial charge in [0.15, 0.2) is 0 Å². The second-order valence-corrected chi connectivity index (χ2v) is 5.47. The molecule has 25 heavy (non-hydrogen) atoms. The lowest BCUT2D eigenvalue weighted by molar-refractivity contribution is 0.474. The van der Waals surface area contributed by atoms with Crippen molar-refractivity contribution in [2.75, 3.05) is 0 Å². The Morgan fingerprint density at radius 3 is 1.04 bits per heavy atom. The summed E-state index contributed by atoms with van der Waals surface area (Å²) in [5.41, 5.74) is 4.82. The lowest BCUT2D eigenvalue weighted by Gasteiger charge is -2.14. The van der Waals surface area contributed by atoms with Crippen LogP contribution in [0.15, 0.2) is 48.5 Å². The van der Waals surface area contributed by atoms with E-state index in [9.17, 15) is 10.2 Å². The Labute approximate surface area is 153 Å². The van der Waals surface area contributed by atoms with E-state index in [0.717, 1.165) is 24.0 Å². The number of benzene rings is 2. The van der Waals surface area contributed by atoms with Gasteiger partial charge in [-0.1, -0.05) is 72.2 Å². The van der Waals surface area contributed by atoms with Crippen molar-refractivity contribution in [2.45, 2.75) is 60.8 Å². The average molecular weight is 343 g/mol. The molecule has 0 aliphatic heterocycles. The topological polar surface area (TPSA) is 40.5 Å². The molecule has 0 aromatic heterocycles. The fourth-order valence-corrected chi connectivity index (χ4v) is 2.51. The summed E-state index contributed by atoms with van der Waals surface area (Å²) in [7, 11) is 0. The van der Waals surface area contributed by atoms with Gasteiger partial charge in [-0.2, -0.15) is 0 Å². The zero-order valence-corrected chi connectivity index (χ0v) is 16.6. The zero-order chi connectivity index (χ0) is 19.2. The monoisotopic (exact) mass is 342 g/mol. The van der Waals surface area contributed by atoms with Crippen LogP contribution in [0.5, 0.6) is 11.5 Å². The normalized spacial score (nSPS) is 10.6. The number of phenols is 2. The van der Waals surface area contributed by atoms with Crippen LogP contribution in [0, 0.1) is 0 Å². The SMILES string of the molecule is CC.CC/C(=C(/CC)c1ccc(O)cc1)c1ccc(O)cc1.CCC. The van der Waals surface area contributed by atoms with Crippen molar-refractivity contribution in [1.82, 2.24) is 0 Å². The van der Waals surface area contributed by atoms with Crippen molar-refractivity contribution in [2.24, 2.45) is 0 Å². The van der Waals surface area contributed by atoms with Gasteiger partial charge in [0.2, 0.25) is 0 Å². The van der Waals surface area contributed by atoms with Crippen molar-refractivity contribution >= 4 is 11.1 Å². The number of aromatic hydroxyl groups is 2. The van der Waals surface area contributed by atoms with Crippen LogP contribution in [0.2, 0.25) is 0 Å². The molecule has 2 aromatic carbocycles. The third-order valence-electron chi connectivity index (χ3n) is 3.50. The van der Waals surface area contributed by atoms with Crippen LogP contribution in [0.4, 0.5) is 0 Å². The van der Waals surface area contributed by atoms with Crippen molar-refractivity contribution in [1.29, 1.82) is 0 Å². The fourth-order valence-electron chi connectivity index (χ4n) is 2.51. The molecule has 2 rings (SSSR count). The Kier molecular flexibility index (Phi) is 11.9. The smallest absolute Gasteiger partial charge is 0.115 e. The summed E-state index contributed by atoms with van der Waals surface area (Å²) in [6, 6.07) is 14.7. The molecule has 0 unspecified atom stereocenters. The van der Waals surface area contributed by atoms with Crippen LogP contribution >= 0.6 is 0 Å². The van der Waals surface area contributed by atoms with Crippen molar-refractivity contribution in [3.8, 4) is 11.5 Å². The van der Waals surface area contributed by atoms with Gasteiger partial charge in [0.25, 0.3) is 0 Å². The van der Waals surface area contributed by atoms with Crippen LogP contribution in [-0.4, -0.2) is 10.2 Å². The predicted molar refractivity (Wildman–Crippen MR) is 111 cm³/mol. The summed E-state index contributed by atoms with van der Waals surface area (Å²) in [6.45, 7) is 12.5. The maximum atomic E-state index is 9.41. The van der Waals surface area contributed by atoms with E-state index in [4.69, 9.17) is 0 Å². The quantitative estimate of drug-likeness (QED) is 0.573. The highest BCUT2D eigenvalue weighted by Gasteiger charge is 2.09. The second-order valence-electron chi connectivity index (χ2n) is 5.47. The van der Waals surface area contributed by atoms with Crippen molar-refractivity contribution in [3.05, 3.63) is 59.7 Å². The molecule has 2 N–H and O–H groups in total. The third kappa shape index (κ3) is 7.47. The first-order valence-electron chi connectivity index (χ1n) is 9.38.